The fraction of sp³-hybridized carbons (Fsp3) is 0.417. The number of nitrogens with two attached hydrogens (primary N) is 1. The number of benzene rings is 1. The lowest BCUT2D eigenvalue weighted by atomic mass is 10.1. The zero-order chi connectivity index (χ0) is 21.1. The summed E-state index contributed by atoms with van der Waals surface area (Å²) >= 11 is 0. The minimum absolute atomic E-state index is 0.206. The van der Waals surface area contributed by atoms with Gasteiger partial charge in [0.15, 0.2) is 0 Å². The van der Waals surface area contributed by atoms with E-state index in [1.54, 1.807) is 4.90 Å². The largest absolute Gasteiger partial charge is 0.343 e. The van der Waals surface area contributed by atoms with E-state index >= 15 is 0 Å². The number of hydrogen-bond acceptors (Lipinski definition) is 3. The summed E-state index contributed by atoms with van der Waals surface area (Å²) in [6.07, 6.45) is 9.14. The van der Waals surface area contributed by atoms with Crippen LogP contribution in [0.2, 0.25) is 0 Å². The van der Waals surface area contributed by atoms with E-state index in [1.807, 2.05) is 6.20 Å². The van der Waals surface area contributed by atoms with Crippen LogP contribution in [0.15, 0.2) is 42.7 Å². The van der Waals surface area contributed by atoms with E-state index in [0.29, 0.717) is 12.5 Å². The first-order valence-electron chi connectivity index (χ1n) is 10.6. The average molecular weight is 420 g/mol. The van der Waals surface area contributed by atoms with Crippen molar-refractivity contribution < 1.29 is 4.79 Å². The van der Waals surface area contributed by atoms with Crippen LogP contribution >= 0.6 is 8.58 Å². The highest BCUT2D eigenvalue weighted by Gasteiger charge is 2.66. The molecule has 156 valence electrons. The topological polar surface area (TPSA) is 64.2 Å². The first-order valence-corrected chi connectivity index (χ1v) is 12.1. The molecule has 2 fully saturated rings. The Morgan fingerprint density at radius 2 is 2.20 bits per heavy atom. The van der Waals surface area contributed by atoms with E-state index in [-0.39, 0.29) is 11.5 Å². The maximum atomic E-state index is 10.9. The predicted octanol–water partition coefficient (Wildman–Crippen LogP) is 2.95. The second-order valence-electron chi connectivity index (χ2n) is 8.12. The van der Waals surface area contributed by atoms with E-state index in [2.05, 4.69) is 71.5 Å². The van der Waals surface area contributed by atoms with Gasteiger partial charge in [-0.3, -0.25) is 4.79 Å². The molecule has 1 aromatic heterocycles. The van der Waals surface area contributed by atoms with Gasteiger partial charge < -0.3 is 15.2 Å². The number of nitrogens with zero attached hydrogens (tertiary/aromatic N) is 3. The summed E-state index contributed by atoms with van der Waals surface area (Å²) in [5.41, 5.74) is 8.39. The molecular formula is C24H29N4OP. The molecule has 2 aromatic rings. The zero-order valence-electron chi connectivity index (χ0n) is 17.6. The van der Waals surface area contributed by atoms with Gasteiger partial charge in [-0.1, -0.05) is 45.6 Å². The lowest BCUT2D eigenvalue weighted by Gasteiger charge is -2.14. The summed E-state index contributed by atoms with van der Waals surface area (Å²) in [5, 5.41) is 1.39. The SMILES string of the molecule is CCc1nccn1CC/C=C(\PC)c1ccc(C#CC2C3CN(C=O)CC23N)cc1. The van der Waals surface area contributed by atoms with Crippen LogP contribution in [-0.4, -0.2) is 46.2 Å². The maximum absolute atomic E-state index is 10.9. The standard InChI is InChI=1S/C24H29N4OP/c1-3-23-26-12-14-28(23)13-4-5-22(30-2)19-9-6-18(7-10-19)8-11-20-21-15-27(17-29)16-24(20,21)25/h5-7,9-10,12,14,17,20-21,30H,3-4,13,15-16,25H2,1-2H3/b22-5-. The van der Waals surface area contributed by atoms with Gasteiger partial charge in [-0.15, -0.1) is 0 Å². The van der Waals surface area contributed by atoms with Gasteiger partial charge in [0, 0.05) is 55.8 Å². The lowest BCUT2D eigenvalue weighted by molar-refractivity contribution is -0.117. The summed E-state index contributed by atoms with van der Waals surface area (Å²) in [6, 6.07) is 8.53. The third kappa shape index (κ3) is 4.08. The third-order valence-electron chi connectivity index (χ3n) is 6.29. The van der Waals surface area contributed by atoms with Crippen LogP contribution in [-0.2, 0) is 17.8 Å². The number of hydrogen-bond donors (Lipinski definition) is 1. The van der Waals surface area contributed by atoms with Crippen molar-refractivity contribution >= 4 is 20.3 Å². The van der Waals surface area contributed by atoms with Gasteiger partial charge in [0.05, 0.1) is 5.54 Å². The summed E-state index contributed by atoms with van der Waals surface area (Å²) in [5.74, 6) is 8.31. The number of aromatic nitrogens is 2. The lowest BCUT2D eigenvalue weighted by Crippen LogP contribution is -2.35. The van der Waals surface area contributed by atoms with Crippen molar-refractivity contribution in [2.75, 3.05) is 19.8 Å². The molecule has 1 aromatic carbocycles. The number of carbonyl (C=O) groups is 1. The van der Waals surface area contributed by atoms with Gasteiger partial charge >= 0.3 is 0 Å². The molecule has 0 radical (unpaired) electrons. The number of allylic oxidation sites excluding steroid dienone is 1. The molecule has 2 aliphatic rings. The number of likely N-dealkylation sites (tertiary alicyclic amines) is 1. The average Bonchev–Trinajstić information content (AvgIpc) is 3.11. The van der Waals surface area contributed by atoms with Crippen LogP contribution in [0.3, 0.4) is 0 Å². The minimum atomic E-state index is -0.292. The van der Waals surface area contributed by atoms with Gasteiger partial charge in [0.1, 0.15) is 5.82 Å². The Labute approximate surface area is 180 Å². The van der Waals surface area contributed by atoms with Crippen LogP contribution in [0.1, 0.15) is 30.3 Å². The molecule has 0 spiro atoms. The summed E-state index contributed by atoms with van der Waals surface area (Å²) in [7, 11) is 0.747. The summed E-state index contributed by atoms with van der Waals surface area (Å²) in [4.78, 5) is 17.0. The fourth-order valence-electron chi connectivity index (χ4n) is 4.48. The quantitative estimate of drug-likeness (QED) is 0.426. The van der Waals surface area contributed by atoms with E-state index < -0.39 is 0 Å². The molecule has 1 aliphatic carbocycles. The number of carbonyl (C=O) groups excluding carboxylic acids is 1. The third-order valence-corrected chi connectivity index (χ3v) is 7.32. The van der Waals surface area contributed by atoms with Gasteiger partial charge in [-0.05, 0) is 36.1 Å². The van der Waals surface area contributed by atoms with E-state index in [0.717, 1.165) is 52.3 Å². The Morgan fingerprint density at radius 1 is 1.40 bits per heavy atom. The van der Waals surface area contributed by atoms with Crippen LogP contribution in [0.5, 0.6) is 0 Å². The minimum Gasteiger partial charge on any atom is -0.343 e. The van der Waals surface area contributed by atoms with Crippen LogP contribution in [0.4, 0.5) is 0 Å². The molecule has 4 unspecified atom stereocenters. The zero-order valence-corrected chi connectivity index (χ0v) is 18.6. The van der Waals surface area contributed by atoms with E-state index in [9.17, 15) is 4.79 Å². The second-order valence-corrected chi connectivity index (χ2v) is 9.16. The van der Waals surface area contributed by atoms with Crippen LogP contribution < -0.4 is 5.73 Å². The first kappa shape index (κ1) is 20.8. The number of piperidine rings is 1. The second kappa shape index (κ2) is 8.76. The molecule has 1 saturated carbocycles. The molecular weight excluding hydrogens is 391 g/mol. The Morgan fingerprint density at radius 3 is 2.83 bits per heavy atom. The molecule has 0 bridgehead atoms. The maximum Gasteiger partial charge on any atom is 0.209 e. The molecule has 4 rings (SSSR count). The van der Waals surface area contributed by atoms with E-state index in [1.165, 1.54) is 10.9 Å². The predicted molar refractivity (Wildman–Crippen MR) is 123 cm³/mol. The number of rotatable bonds is 7. The molecule has 1 amide bonds. The Bertz CT molecular complexity index is 1000. The van der Waals surface area contributed by atoms with Gasteiger partial charge in [-0.2, -0.15) is 0 Å². The monoisotopic (exact) mass is 420 g/mol. The smallest absolute Gasteiger partial charge is 0.209 e. The highest BCUT2D eigenvalue weighted by Crippen LogP contribution is 2.52. The fourth-order valence-corrected chi connectivity index (χ4v) is 5.28. The van der Waals surface area contributed by atoms with Crippen molar-refractivity contribution in [2.24, 2.45) is 17.6 Å². The Kier molecular flexibility index (Phi) is 6.09. The summed E-state index contributed by atoms with van der Waals surface area (Å²) < 4.78 is 2.23. The van der Waals surface area contributed by atoms with Gasteiger partial charge in [-0.25, -0.2) is 4.98 Å². The van der Waals surface area contributed by atoms with Crippen LogP contribution in [0, 0.1) is 23.7 Å². The Balaban J connectivity index is 1.36. The number of aryl methyl sites for hydroxylation is 2. The van der Waals surface area contributed by atoms with Crippen molar-refractivity contribution in [2.45, 2.75) is 31.8 Å². The number of fused-ring (bicyclic) bond motifs is 1. The first-order chi connectivity index (χ1) is 14.6. The van der Waals surface area contributed by atoms with Crippen molar-refractivity contribution in [1.29, 1.82) is 0 Å². The molecule has 6 heteroatoms. The number of imidazole rings is 1. The molecule has 30 heavy (non-hydrogen) atoms. The molecule has 5 nitrogen and oxygen atoms in total. The highest BCUT2D eigenvalue weighted by atomic mass is 31.1. The van der Waals surface area contributed by atoms with Crippen molar-refractivity contribution in [3.05, 3.63) is 59.7 Å². The summed E-state index contributed by atoms with van der Waals surface area (Å²) in [6.45, 7) is 6.70. The van der Waals surface area contributed by atoms with Crippen molar-refractivity contribution in [3.8, 4) is 11.8 Å². The highest BCUT2D eigenvalue weighted by molar-refractivity contribution is 7.49. The van der Waals surface area contributed by atoms with Crippen molar-refractivity contribution in [1.82, 2.24) is 14.5 Å². The van der Waals surface area contributed by atoms with Crippen molar-refractivity contribution in [3.63, 3.8) is 0 Å². The number of amides is 1. The molecule has 1 saturated heterocycles. The molecule has 1 aliphatic heterocycles. The molecule has 2 N–H and O–H groups in total. The molecule has 2 heterocycles. The van der Waals surface area contributed by atoms with Gasteiger partial charge in [0.25, 0.3) is 0 Å². The van der Waals surface area contributed by atoms with Crippen LogP contribution in [0.25, 0.3) is 5.31 Å². The normalized spacial score (nSPS) is 25.3. The van der Waals surface area contributed by atoms with E-state index in [4.69, 9.17) is 5.73 Å². The molecule has 4 atom stereocenters. The Hall–Kier alpha value is -2.41. The van der Waals surface area contributed by atoms with Gasteiger partial charge in [0.2, 0.25) is 6.41 Å².